The van der Waals surface area contributed by atoms with Gasteiger partial charge in [0.05, 0.1) is 4.47 Å². The number of benzene rings is 1. The Morgan fingerprint density at radius 1 is 1.47 bits per heavy atom. The summed E-state index contributed by atoms with van der Waals surface area (Å²) in [5.41, 5.74) is 7.33. The number of halogens is 2. The topological polar surface area (TPSA) is 26.0 Å². The van der Waals surface area contributed by atoms with Crippen molar-refractivity contribution in [2.24, 2.45) is 11.7 Å². The van der Waals surface area contributed by atoms with E-state index in [0.717, 1.165) is 18.4 Å². The summed E-state index contributed by atoms with van der Waals surface area (Å²) in [7, 11) is 0. The Balaban J connectivity index is 2.22. The van der Waals surface area contributed by atoms with Crippen LogP contribution in [0, 0.1) is 11.7 Å². The molecule has 1 nitrogen and oxygen atoms in total. The van der Waals surface area contributed by atoms with Gasteiger partial charge in [0.15, 0.2) is 0 Å². The fraction of sp³-hybridized carbons (Fsp3) is 0.571. The zero-order chi connectivity index (χ0) is 12.5. The molecule has 2 rings (SSSR count). The van der Waals surface area contributed by atoms with Crippen molar-refractivity contribution < 1.29 is 4.39 Å². The molecule has 0 bridgehead atoms. The first-order chi connectivity index (χ1) is 8.03. The van der Waals surface area contributed by atoms with Crippen molar-refractivity contribution >= 4 is 15.9 Å². The normalized spacial score (nSPS) is 29.3. The Kier molecular flexibility index (Phi) is 3.88. The Labute approximate surface area is 111 Å². The summed E-state index contributed by atoms with van der Waals surface area (Å²) in [6.07, 6.45) is 5.44. The summed E-state index contributed by atoms with van der Waals surface area (Å²) < 4.78 is 14.0. The van der Waals surface area contributed by atoms with E-state index in [4.69, 9.17) is 5.73 Å². The highest BCUT2D eigenvalue weighted by molar-refractivity contribution is 9.10. The highest BCUT2D eigenvalue weighted by Crippen LogP contribution is 2.35. The van der Waals surface area contributed by atoms with Gasteiger partial charge in [0, 0.05) is 5.54 Å². The molecule has 0 amide bonds. The van der Waals surface area contributed by atoms with Crippen molar-refractivity contribution in [2.45, 2.75) is 44.6 Å². The first-order valence-corrected chi connectivity index (χ1v) is 7.04. The average molecular weight is 300 g/mol. The van der Waals surface area contributed by atoms with Crippen molar-refractivity contribution in [3.8, 4) is 0 Å². The fourth-order valence-electron chi connectivity index (χ4n) is 2.74. The van der Waals surface area contributed by atoms with E-state index < -0.39 is 0 Å². The molecule has 0 saturated heterocycles. The first kappa shape index (κ1) is 13.0. The van der Waals surface area contributed by atoms with E-state index in [1.165, 1.54) is 25.3 Å². The molecule has 1 saturated carbocycles. The van der Waals surface area contributed by atoms with Gasteiger partial charge < -0.3 is 5.73 Å². The second-order valence-corrected chi connectivity index (χ2v) is 6.06. The van der Waals surface area contributed by atoms with E-state index in [0.29, 0.717) is 10.4 Å². The molecule has 0 heterocycles. The molecule has 1 aliphatic rings. The monoisotopic (exact) mass is 299 g/mol. The van der Waals surface area contributed by atoms with Crippen molar-refractivity contribution in [3.05, 3.63) is 34.1 Å². The third kappa shape index (κ3) is 2.71. The lowest BCUT2D eigenvalue weighted by Crippen LogP contribution is -2.50. The van der Waals surface area contributed by atoms with Gasteiger partial charge in [-0.3, -0.25) is 0 Å². The van der Waals surface area contributed by atoms with E-state index in [2.05, 4.69) is 22.9 Å². The van der Waals surface area contributed by atoms with Crippen LogP contribution in [-0.2, 0) is 6.42 Å². The predicted octanol–water partition coefficient (Wildman–Crippen LogP) is 4.04. The van der Waals surface area contributed by atoms with Crippen LogP contribution in [-0.4, -0.2) is 5.54 Å². The second kappa shape index (κ2) is 5.07. The molecular formula is C14H19BrFN. The summed E-state index contributed by atoms with van der Waals surface area (Å²) in [6, 6.07) is 5.19. The van der Waals surface area contributed by atoms with Crippen LogP contribution in [0.4, 0.5) is 4.39 Å². The maximum atomic E-state index is 13.5. The van der Waals surface area contributed by atoms with Gasteiger partial charge in [0.1, 0.15) is 5.82 Å². The van der Waals surface area contributed by atoms with E-state index in [1.54, 1.807) is 6.07 Å². The smallest absolute Gasteiger partial charge is 0.137 e. The predicted molar refractivity (Wildman–Crippen MR) is 72.4 cm³/mol. The highest BCUT2D eigenvalue weighted by atomic mass is 79.9. The second-order valence-electron chi connectivity index (χ2n) is 5.27. The van der Waals surface area contributed by atoms with Crippen LogP contribution < -0.4 is 5.73 Å². The lowest BCUT2D eigenvalue weighted by Gasteiger charge is -2.40. The van der Waals surface area contributed by atoms with Gasteiger partial charge in [-0.05, 0) is 52.7 Å². The van der Waals surface area contributed by atoms with Crippen molar-refractivity contribution in [2.75, 3.05) is 0 Å². The van der Waals surface area contributed by atoms with Crippen LogP contribution in [0.5, 0.6) is 0 Å². The van der Waals surface area contributed by atoms with Crippen LogP contribution in [0.25, 0.3) is 0 Å². The minimum Gasteiger partial charge on any atom is -0.325 e. The largest absolute Gasteiger partial charge is 0.325 e. The number of hydrogen-bond acceptors (Lipinski definition) is 1. The van der Waals surface area contributed by atoms with Crippen LogP contribution in [0.15, 0.2) is 22.7 Å². The van der Waals surface area contributed by atoms with Gasteiger partial charge >= 0.3 is 0 Å². The maximum Gasteiger partial charge on any atom is 0.137 e. The molecule has 0 radical (unpaired) electrons. The average Bonchev–Trinajstić information content (AvgIpc) is 2.29. The molecule has 0 aliphatic heterocycles. The van der Waals surface area contributed by atoms with Crippen molar-refractivity contribution in [3.63, 3.8) is 0 Å². The molecule has 1 aromatic carbocycles. The lowest BCUT2D eigenvalue weighted by molar-refractivity contribution is 0.203. The molecule has 1 aliphatic carbocycles. The van der Waals surface area contributed by atoms with Gasteiger partial charge in [-0.2, -0.15) is 0 Å². The van der Waals surface area contributed by atoms with E-state index in [-0.39, 0.29) is 11.4 Å². The van der Waals surface area contributed by atoms with Crippen LogP contribution in [0.2, 0.25) is 0 Å². The van der Waals surface area contributed by atoms with Gasteiger partial charge in [-0.1, -0.05) is 31.9 Å². The van der Waals surface area contributed by atoms with Gasteiger partial charge in [-0.15, -0.1) is 0 Å². The van der Waals surface area contributed by atoms with Gasteiger partial charge in [-0.25, -0.2) is 4.39 Å². The Bertz CT molecular complexity index is 407. The molecule has 3 heteroatoms. The molecular weight excluding hydrogens is 281 g/mol. The third-order valence-electron chi connectivity index (χ3n) is 4.06. The molecule has 0 aromatic heterocycles. The molecule has 1 fully saturated rings. The summed E-state index contributed by atoms with van der Waals surface area (Å²) in [4.78, 5) is 0. The van der Waals surface area contributed by atoms with Crippen LogP contribution >= 0.6 is 15.9 Å². The van der Waals surface area contributed by atoms with Crippen LogP contribution in [0.1, 0.15) is 38.2 Å². The highest BCUT2D eigenvalue weighted by Gasteiger charge is 2.34. The number of nitrogens with two attached hydrogens (primary N) is 1. The van der Waals surface area contributed by atoms with Crippen molar-refractivity contribution in [1.82, 2.24) is 0 Å². The molecule has 0 spiro atoms. The summed E-state index contributed by atoms with van der Waals surface area (Å²) in [6.45, 7) is 2.21. The Morgan fingerprint density at radius 3 is 2.94 bits per heavy atom. The first-order valence-electron chi connectivity index (χ1n) is 6.25. The summed E-state index contributed by atoms with van der Waals surface area (Å²) in [5, 5.41) is 0. The summed E-state index contributed by atoms with van der Waals surface area (Å²) >= 11 is 3.32. The minimum atomic E-state index is -0.199. The van der Waals surface area contributed by atoms with Gasteiger partial charge in [0.2, 0.25) is 0 Å². The van der Waals surface area contributed by atoms with Crippen molar-refractivity contribution in [1.29, 1.82) is 0 Å². The van der Waals surface area contributed by atoms with E-state index >= 15 is 0 Å². The molecule has 1 aromatic rings. The van der Waals surface area contributed by atoms with Gasteiger partial charge in [0.25, 0.3) is 0 Å². The zero-order valence-electron chi connectivity index (χ0n) is 10.2. The molecule has 2 unspecified atom stereocenters. The van der Waals surface area contributed by atoms with Crippen LogP contribution in [0.3, 0.4) is 0 Å². The Hall–Kier alpha value is -0.410. The quantitative estimate of drug-likeness (QED) is 0.876. The standard InChI is InChI=1S/C14H19BrFN/c1-10-5-2-3-8-14(10,17)9-11-6-4-7-12(16)13(11)15/h4,6-7,10H,2-3,5,8-9,17H2,1H3. The maximum absolute atomic E-state index is 13.5. The minimum absolute atomic E-state index is 0.172. The SMILES string of the molecule is CC1CCCCC1(N)Cc1cccc(F)c1Br. The molecule has 17 heavy (non-hydrogen) atoms. The molecule has 2 atom stereocenters. The lowest BCUT2D eigenvalue weighted by atomic mass is 9.71. The Morgan fingerprint density at radius 2 is 2.24 bits per heavy atom. The third-order valence-corrected chi connectivity index (χ3v) is 4.95. The van der Waals surface area contributed by atoms with E-state index in [1.807, 2.05) is 6.07 Å². The fourth-order valence-corrected chi connectivity index (χ4v) is 3.15. The van der Waals surface area contributed by atoms with E-state index in [9.17, 15) is 4.39 Å². The molecule has 94 valence electrons. The number of rotatable bonds is 2. The number of hydrogen-bond donors (Lipinski definition) is 1. The zero-order valence-corrected chi connectivity index (χ0v) is 11.8. The molecule has 2 N–H and O–H groups in total. The summed E-state index contributed by atoms with van der Waals surface area (Å²) in [5.74, 6) is 0.306.